The zero-order chi connectivity index (χ0) is 13.8. The Kier molecular flexibility index (Phi) is 4.61. The van der Waals surface area contributed by atoms with Crippen LogP contribution in [0.1, 0.15) is 25.7 Å². The molecule has 1 aromatic carbocycles. The molecule has 100 valence electrons. The van der Waals surface area contributed by atoms with Crippen molar-refractivity contribution < 1.29 is 4.79 Å². The third-order valence-electron chi connectivity index (χ3n) is 2.98. The van der Waals surface area contributed by atoms with Gasteiger partial charge in [-0.05, 0) is 49.6 Å². The number of benzene rings is 1. The highest BCUT2D eigenvalue weighted by atomic mass is 35.5. The summed E-state index contributed by atoms with van der Waals surface area (Å²) in [5.74, 6) is 0.561. The zero-order valence-corrected chi connectivity index (χ0v) is 12.6. The Hall–Kier alpha value is -1.32. The van der Waals surface area contributed by atoms with Crippen LogP contribution in [0.4, 0.5) is 5.69 Å². The fourth-order valence-electron chi connectivity index (χ4n) is 1.74. The third-order valence-corrected chi connectivity index (χ3v) is 4.33. The summed E-state index contributed by atoms with van der Waals surface area (Å²) >= 11 is 7.21. The van der Waals surface area contributed by atoms with Crippen molar-refractivity contribution in [3.05, 3.63) is 51.2 Å². The largest absolute Gasteiger partial charge is 0.321 e. The molecule has 19 heavy (non-hydrogen) atoms. The van der Waals surface area contributed by atoms with Gasteiger partial charge in [0.15, 0.2) is 0 Å². The van der Waals surface area contributed by atoms with Crippen LogP contribution in [0.25, 0.3) is 0 Å². The highest BCUT2D eigenvalue weighted by molar-refractivity contribution is 7.14. The number of alkyl halides is 1. The van der Waals surface area contributed by atoms with Crippen LogP contribution in [-0.4, -0.2) is 11.8 Å². The molecule has 2 rings (SSSR count). The maximum atomic E-state index is 12.1. The number of nitrogens with one attached hydrogen (secondary N) is 1. The molecule has 0 unspecified atom stereocenters. The highest BCUT2D eigenvalue weighted by Gasteiger charge is 2.10. The van der Waals surface area contributed by atoms with Gasteiger partial charge in [0.1, 0.15) is 0 Å². The van der Waals surface area contributed by atoms with Crippen molar-refractivity contribution in [3.8, 4) is 0 Å². The number of carbonyl (C=O) groups excluding carboxylic acids is 1. The molecule has 0 spiro atoms. The minimum atomic E-state index is -0.0497. The summed E-state index contributed by atoms with van der Waals surface area (Å²) in [4.78, 5) is 14.0. The van der Waals surface area contributed by atoms with E-state index in [4.69, 9.17) is 11.6 Å². The molecular formula is C15H16ClNOS. The molecule has 1 amide bonds. The van der Waals surface area contributed by atoms with Gasteiger partial charge in [-0.1, -0.05) is 12.1 Å². The number of aryl methyl sites for hydroxylation is 3. The van der Waals surface area contributed by atoms with E-state index < -0.39 is 0 Å². The molecule has 1 aromatic heterocycles. The van der Waals surface area contributed by atoms with Gasteiger partial charge < -0.3 is 5.32 Å². The van der Waals surface area contributed by atoms with E-state index in [0.29, 0.717) is 5.88 Å². The second kappa shape index (κ2) is 6.22. The van der Waals surface area contributed by atoms with Crippen LogP contribution in [0.3, 0.4) is 0 Å². The monoisotopic (exact) mass is 293 g/mol. The fraction of sp³-hybridized carbons (Fsp3) is 0.267. The first-order valence-electron chi connectivity index (χ1n) is 6.13. The van der Waals surface area contributed by atoms with Gasteiger partial charge in [0.2, 0.25) is 0 Å². The lowest BCUT2D eigenvalue weighted by atomic mass is 10.1. The Bertz CT molecular complexity index is 555. The van der Waals surface area contributed by atoms with Gasteiger partial charge in [-0.2, -0.15) is 0 Å². The molecule has 0 aliphatic rings. The van der Waals surface area contributed by atoms with Gasteiger partial charge in [-0.25, -0.2) is 0 Å². The van der Waals surface area contributed by atoms with E-state index in [1.807, 2.05) is 44.2 Å². The summed E-state index contributed by atoms with van der Waals surface area (Å²) in [5, 5.41) is 2.91. The van der Waals surface area contributed by atoms with E-state index in [2.05, 4.69) is 5.32 Å². The number of hydrogen-bond acceptors (Lipinski definition) is 2. The quantitative estimate of drug-likeness (QED) is 0.832. The molecule has 1 heterocycles. The van der Waals surface area contributed by atoms with Crippen molar-refractivity contribution in [3.63, 3.8) is 0 Å². The summed E-state index contributed by atoms with van der Waals surface area (Å²) < 4.78 is 0. The second-order valence-corrected chi connectivity index (χ2v) is 6.07. The lowest BCUT2D eigenvalue weighted by Crippen LogP contribution is -2.10. The molecule has 0 bridgehead atoms. The normalized spacial score (nSPS) is 10.5. The first-order chi connectivity index (χ1) is 9.10. The van der Waals surface area contributed by atoms with Crippen LogP contribution < -0.4 is 5.32 Å². The fourth-order valence-corrected chi connectivity index (χ4v) is 2.89. The van der Waals surface area contributed by atoms with E-state index in [-0.39, 0.29) is 5.91 Å². The average molecular weight is 294 g/mol. The van der Waals surface area contributed by atoms with Crippen molar-refractivity contribution in [2.75, 3.05) is 11.2 Å². The molecule has 0 aliphatic heterocycles. The summed E-state index contributed by atoms with van der Waals surface area (Å²) in [6, 6.07) is 9.73. The molecule has 4 heteroatoms. The number of anilines is 1. The standard InChI is InChI=1S/C15H16ClNOS/c1-10-9-14(19-11(10)2)15(18)17-13-5-3-12(4-6-13)7-8-16/h3-6,9H,7-8H2,1-2H3,(H,17,18). The number of rotatable bonds is 4. The van der Waals surface area contributed by atoms with Crippen LogP contribution in [0.15, 0.2) is 30.3 Å². The number of carbonyl (C=O) groups is 1. The second-order valence-electron chi connectivity index (χ2n) is 4.44. The van der Waals surface area contributed by atoms with Crippen molar-refractivity contribution in [1.82, 2.24) is 0 Å². The van der Waals surface area contributed by atoms with Crippen molar-refractivity contribution in [1.29, 1.82) is 0 Å². The van der Waals surface area contributed by atoms with E-state index in [0.717, 1.165) is 22.5 Å². The highest BCUT2D eigenvalue weighted by Crippen LogP contribution is 2.22. The number of hydrogen-bond donors (Lipinski definition) is 1. The molecule has 0 saturated heterocycles. The molecule has 2 nitrogen and oxygen atoms in total. The van der Waals surface area contributed by atoms with Crippen molar-refractivity contribution in [2.24, 2.45) is 0 Å². The summed E-state index contributed by atoms with van der Waals surface area (Å²) in [7, 11) is 0. The Morgan fingerprint density at radius 2 is 1.95 bits per heavy atom. The first-order valence-corrected chi connectivity index (χ1v) is 7.48. The Balaban J connectivity index is 2.06. The topological polar surface area (TPSA) is 29.1 Å². The van der Waals surface area contributed by atoms with E-state index in [1.54, 1.807) is 0 Å². The van der Waals surface area contributed by atoms with Crippen LogP contribution in [0.5, 0.6) is 0 Å². The van der Waals surface area contributed by atoms with Crippen molar-refractivity contribution in [2.45, 2.75) is 20.3 Å². The molecule has 0 radical (unpaired) electrons. The molecule has 0 aliphatic carbocycles. The maximum Gasteiger partial charge on any atom is 0.265 e. The van der Waals surface area contributed by atoms with Gasteiger partial charge in [0.25, 0.3) is 5.91 Å². The molecular weight excluding hydrogens is 278 g/mol. The van der Waals surface area contributed by atoms with Gasteiger partial charge in [0, 0.05) is 16.4 Å². The first kappa shape index (κ1) is 14.1. The predicted molar refractivity (Wildman–Crippen MR) is 82.6 cm³/mol. The van der Waals surface area contributed by atoms with E-state index >= 15 is 0 Å². The van der Waals surface area contributed by atoms with Crippen LogP contribution in [-0.2, 0) is 6.42 Å². The van der Waals surface area contributed by atoms with Crippen LogP contribution in [0, 0.1) is 13.8 Å². The molecule has 0 fully saturated rings. The lowest BCUT2D eigenvalue weighted by Gasteiger charge is -2.04. The van der Waals surface area contributed by atoms with Gasteiger partial charge in [0.05, 0.1) is 4.88 Å². The average Bonchev–Trinajstić information content (AvgIpc) is 2.72. The summed E-state index contributed by atoms with van der Waals surface area (Å²) in [6.45, 7) is 4.04. The molecule has 0 atom stereocenters. The van der Waals surface area contributed by atoms with E-state index in [9.17, 15) is 4.79 Å². The minimum absolute atomic E-state index is 0.0497. The van der Waals surface area contributed by atoms with E-state index in [1.165, 1.54) is 21.8 Å². The SMILES string of the molecule is Cc1cc(C(=O)Nc2ccc(CCCl)cc2)sc1C. The smallest absolute Gasteiger partial charge is 0.265 e. The van der Waals surface area contributed by atoms with Crippen molar-refractivity contribution >= 4 is 34.5 Å². The number of amides is 1. The molecule has 0 saturated carbocycles. The summed E-state index contributed by atoms with van der Waals surface area (Å²) in [5.41, 5.74) is 3.15. The third kappa shape index (κ3) is 3.58. The molecule has 2 aromatic rings. The van der Waals surface area contributed by atoms with Crippen LogP contribution in [0.2, 0.25) is 0 Å². The Morgan fingerprint density at radius 3 is 2.47 bits per heavy atom. The minimum Gasteiger partial charge on any atom is -0.321 e. The van der Waals surface area contributed by atoms with Gasteiger partial charge in [-0.3, -0.25) is 4.79 Å². The number of halogens is 1. The lowest BCUT2D eigenvalue weighted by molar-refractivity contribution is 0.103. The Labute approximate surface area is 122 Å². The van der Waals surface area contributed by atoms with Gasteiger partial charge >= 0.3 is 0 Å². The zero-order valence-electron chi connectivity index (χ0n) is 11.0. The predicted octanol–water partition coefficient (Wildman–Crippen LogP) is 4.40. The summed E-state index contributed by atoms with van der Waals surface area (Å²) in [6.07, 6.45) is 0.846. The molecule has 1 N–H and O–H groups in total. The Morgan fingerprint density at radius 1 is 1.26 bits per heavy atom. The maximum absolute atomic E-state index is 12.1. The van der Waals surface area contributed by atoms with Gasteiger partial charge in [-0.15, -0.1) is 22.9 Å². The van der Waals surface area contributed by atoms with Crippen LogP contribution >= 0.6 is 22.9 Å². The number of thiophene rings is 1.